The Morgan fingerprint density at radius 2 is 1.70 bits per heavy atom. The zero-order valence-corrected chi connectivity index (χ0v) is 12.7. The van der Waals surface area contributed by atoms with E-state index in [0.29, 0.717) is 12.2 Å². The lowest BCUT2D eigenvalue weighted by atomic mass is 10.1. The quantitative estimate of drug-likeness (QED) is 0.936. The number of halogens is 2. The van der Waals surface area contributed by atoms with Crippen LogP contribution in [0, 0.1) is 23.0 Å². The fourth-order valence-corrected chi connectivity index (χ4v) is 3.04. The van der Waals surface area contributed by atoms with Crippen molar-refractivity contribution in [2.45, 2.75) is 6.54 Å². The molecule has 0 unspecified atom stereocenters. The van der Waals surface area contributed by atoms with Crippen LogP contribution in [0.3, 0.4) is 0 Å². The third-order valence-corrected chi connectivity index (χ3v) is 4.31. The number of piperazine rings is 1. The molecular formula is C18H18F2N3+. The van der Waals surface area contributed by atoms with Crippen molar-refractivity contribution in [2.24, 2.45) is 0 Å². The summed E-state index contributed by atoms with van der Waals surface area (Å²) in [6, 6.07) is 13.5. The van der Waals surface area contributed by atoms with E-state index in [1.165, 1.54) is 17.0 Å². The minimum Gasteiger partial charge on any atom is -0.359 e. The van der Waals surface area contributed by atoms with Crippen LogP contribution in [-0.2, 0) is 6.54 Å². The van der Waals surface area contributed by atoms with Gasteiger partial charge in [-0.2, -0.15) is 5.26 Å². The number of nitriles is 1. The fraction of sp³-hybridized carbons (Fsp3) is 0.278. The van der Waals surface area contributed by atoms with E-state index in [1.54, 1.807) is 18.2 Å². The molecule has 1 heterocycles. The molecule has 0 aromatic heterocycles. The lowest BCUT2D eigenvalue weighted by Crippen LogP contribution is -3.13. The van der Waals surface area contributed by atoms with E-state index in [2.05, 4.69) is 0 Å². The van der Waals surface area contributed by atoms with Gasteiger partial charge in [0.2, 0.25) is 0 Å². The van der Waals surface area contributed by atoms with Crippen molar-refractivity contribution >= 4 is 5.69 Å². The second kappa shape index (κ2) is 6.76. The number of benzene rings is 2. The smallest absolute Gasteiger partial charge is 0.143 e. The topological polar surface area (TPSA) is 31.5 Å². The molecule has 1 aliphatic rings. The van der Waals surface area contributed by atoms with Crippen molar-refractivity contribution in [3.05, 3.63) is 65.2 Å². The molecule has 1 saturated heterocycles. The second-order valence-electron chi connectivity index (χ2n) is 5.75. The van der Waals surface area contributed by atoms with Crippen LogP contribution in [0.15, 0.2) is 42.5 Å². The number of anilines is 1. The van der Waals surface area contributed by atoms with Gasteiger partial charge < -0.3 is 9.80 Å². The van der Waals surface area contributed by atoms with Gasteiger partial charge in [0.1, 0.15) is 29.8 Å². The van der Waals surface area contributed by atoms with E-state index < -0.39 is 5.82 Å². The molecule has 0 spiro atoms. The lowest BCUT2D eigenvalue weighted by molar-refractivity contribution is -0.914. The summed E-state index contributed by atoms with van der Waals surface area (Å²) in [4.78, 5) is 3.33. The Hall–Kier alpha value is -2.45. The molecule has 0 saturated carbocycles. The number of quaternary nitrogens is 1. The maximum atomic E-state index is 13.7. The monoisotopic (exact) mass is 314 g/mol. The van der Waals surface area contributed by atoms with E-state index in [4.69, 9.17) is 5.26 Å². The highest BCUT2D eigenvalue weighted by molar-refractivity contribution is 5.60. The average Bonchev–Trinajstić information content (AvgIpc) is 2.57. The Labute approximate surface area is 134 Å². The first kappa shape index (κ1) is 15.4. The third kappa shape index (κ3) is 3.33. The van der Waals surface area contributed by atoms with E-state index in [1.807, 2.05) is 23.1 Å². The van der Waals surface area contributed by atoms with Crippen LogP contribution in [-0.4, -0.2) is 26.2 Å². The van der Waals surface area contributed by atoms with Crippen LogP contribution in [0.2, 0.25) is 0 Å². The van der Waals surface area contributed by atoms with Gasteiger partial charge in [0.05, 0.1) is 31.9 Å². The SMILES string of the molecule is N#Cc1c(F)cccc1N1CC[NH+](Cc2ccccc2F)CC1. The zero-order valence-electron chi connectivity index (χ0n) is 12.7. The Bertz CT molecular complexity index is 731. The van der Waals surface area contributed by atoms with Crippen molar-refractivity contribution in [1.29, 1.82) is 5.26 Å². The summed E-state index contributed by atoms with van der Waals surface area (Å²) < 4.78 is 27.4. The third-order valence-electron chi connectivity index (χ3n) is 4.31. The van der Waals surface area contributed by atoms with Gasteiger partial charge in [-0.05, 0) is 18.2 Å². The molecule has 0 atom stereocenters. The lowest BCUT2D eigenvalue weighted by Gasteiger charge is -2.34. The maximum absolute atomic E-state index is 13.7. The van der Waals surface area contributed by atoms with E-state index in [0.717, 1.165) is 31.7 Å². The highest BCUT2D eigenvalue weighted by Crippen LogP contribution is 2.22. The zero-order chi connectivity index (χ0) is 16.2. The van der Waals surface area contributed by atoms with Gasteiger partial charge in [-0.25, -0.2) is 8.78 Å². The molecule has 5 heteroatoms. The van der Waals surface area contributed by atoms with Gasteiger partial charge in [-0.3, -0.25) is 0 Å². The van der Waals surface area contributed by atoms with Gasteiger partial charge in [-0.15, -0.1) is 0 Å². The number of hydrogen-bond acceptors (Lipinski definition) is 2. The standard InChI is InChI=1S/C18H17F2N3/c19-16-5-2-1-4-14(16)13-22-8-10-23(11-9-22)18-7-3-6-17(20)15(18)12-21/h1-7H,8-11,13H2/p+1. The van der Waals surface area contributed by atoms with Crippen LogP contribution >= 0.6 is 0 Å². The Kier molecular flexibility index (Phi) is 4.54. The number of rotatable bonds is 3. The van der Waals surface area contributed by atoms with Crippen molar-refractivity contribution in [1.82, 2.24) is 0 Å². The van der Waals surface area contributed by atoms with E-state index in [-0.39, 0.29) is 11.4 Å². The number of nitrogens with zero attached hydrogens (tertiary/aromatic N) is 2. The van der Waals surface area contributed by atoms with Crippen molar-refractivity contribution in [3.63, 3.8) is 0 Å². The Morgan fingerprint density at radius 3 is 2.39 bits per heavy atom. The number of nitrogens with one attached hydrogen (secondary N) is 1. The molecule has 0 aliphatic carbocycles. The summed E-state index contributed by atoms with van der Waals surface area (Å²) in [7, 11) is 0. The summed E-state index contributed by atoms with van der Waals surface area (Å²) in [6.07, 6.45) is 0. The van der Waals surface area contributed by atoms with Crippen molar-refractivity contribution < 1.29 is 13.7 Å². The van der Waals surface area contributed by atoms with Gasteiger partial charge in [0, 0.05) is 5.56 Å². The van der Waals surface area contributed by atoms with Gasteiger partial charge in [0.25, 0.3) is 0 Å². The maximum Gasteiger partial charge on any atom is 0.143 e. The molecule has 23 heavy (non-hydrogen) atoms. The van der Waals surface area contributed by atoms with Crippen LogP contribution in [0.4, 0.5) is 14.5 Å². The fourth-order valence-electron chi connectivity index (χ4n) is 3.04. The molecule has 3 nitrogen and oxygen atoms in total. The molecule has 118 valence electrons. The molecule has 1 N–H and O–H groups in total. The predicted octanol–water partition coefficient (Wildman–Crippen LogP) is 1.74. The molecular weight excluding hydrogens is 296 g/mol. The predicted molar refractivity (Wildman–Crippen MR) is 84.1 cm³/mol. The summed E-state index contributed by atoms with van der Waals surface area (Å²) in [6.45, 7) is 3.75. The van der Waals surface area contributed by atoms with Crippen LogP contribution in [0.5, 0.6) is 0 Å². The van der Waals surface area contributed by atoms with Gasteiger partial charge >= 0.3 is 0 Å². The van der Waals surface area contributed by atoms with Crippen LogP contribution < -0.4 is 9.80 Å². The Morgan fingerprint density at radius 1 is 1.00 bits per heavy atom. The second-order valence-corrected chi connectivity index (χ2v) is 5.75. The first-order valence-electron chi connectivity index (χ1n) is 7.69. The molecule has 1 aliphatic heterocycles. The van der Waals surface area contributed by atoms with E-state index in [9.17, 15) is 8.78 Å². The minimum absolute atomic E-state index is 0.102. The first-order chi connectivity index (χ1) is 11.2. The summed E-state index contributed by atoms with van der Waals surface area (Å²) in [5, 5.41) is 9.14. The van der Waals surface area contributed by atoms with Gasteiger partial charge in [0.15, 0.2) is 0 Å². The molecule has 2 aromatic rings. The first-order valence-corrected chi connectivity index (χ1v) is 7.69. The summed E-state index contributed by atoms with van der Waals surface area (Å²) >= 11 is 0. The highest BCUT2D eigenvalue weighted by Gasteiger charge is 2.23. The minimum atomic E-state index is -0.480. The number of hydrogen-bond donors (Lipinski definition) is 1. The van der Waals surface area contributed by atoms with E-state index >= 15 is 0 Å². The largest absolute Gasteiger partial charge is 0.359 e. The summed E-state index contributed by atoms with van der Waals surface area (Å²) in [5.74, 6) is -0.648. The highest BCUT2D eigenvalue weighted by atomic mass is 19.1. The van der Waals surface area contributed by atoms with Crippen LogP contribution in [0.1, 0.15) is 11.1 Å². The van der Waals surface area contributed by atoms with Gasteiger partial charge in [-0.1, -0.05) is 24.3 Å². The van der Waals surface area contributed by atoms with Crippen LogP contribution in [0.25, 0.3) is 0 Å². The Balaban J connectivity index is 1.67. The molecule has 3 rings (SSSR count). The van der Waals surface area contributed by atoms with Crippen molar-refractivity contribution in [2.75, 3.05) is 31.1 Å². The normalized spacial score (nSPS) is 15.4. The molecule has 2 aromatic carbocycles. The molecule has 0 amide bonds. The molecule has 1 fully saturated rings. The molecule has 0 radical (unpaired) electrons. The molecule has 0 bridgehead atoms. The average molecular weight is 314 g/mol. The van der Waals surface area contributed by atoms with Crippen molar-refractivity contribution in [3.8, 4) is 6.07 Å². The summed E-state index contributed by atoms with van der Waals surface area (Å²) in [5.41, 5.74) is 1.47.